The van der Waals surface area contributed by atoms with Crippen molar-refractivity contribution in [3.63, 3.8) is 0 Å². The quantitative estimate of drug-likeness (QED) is 0.735. The molecule has 1 spiro atoms. The zero-order valence-corrected chi connectivity index (χ0v) is 17.7. The molecule has 3 fully saturated rings. The van der Waals surface area contributed by atoms with Gasteiger partial charge in [0.2, 0.25) is 10.0 Å². The van der Waals surface area contributed by atoms with Gasteiger partial charge in [-0.1, -0.05) is 51.1 Å². The first-order valence-electron chi connectivity index (χ1n) is 10.2. The molecule has 1 aromatic rings. The highest BCUT2D eigenvalue weighted by atomic mass is 32.2. The van der Waals surface area contributed by atoms with Crippen LogP contribution >= 0.6 is 0 Å². The second-order valence-electron chi connectivity index (χ2n) is 9.11. The van der Waals surface area contributed by atoms with Gasteiger partial charge < -0.3 is 0 Å². The second-order valence-corrected chi connectivity index (χ2v) is 11.0. The van der Waals surface area contributed by atoms with E-state index < -0.39 is 16.1 Å². The van der Waals surface area contributed by atoms with Crippen molar-refractivity contribution in [2.45, 2.75) is 65.1 Å². The largest absolute Gasteiger partial charge is 0.296 e. The smallest absolute Gasteiger partial charge is 0.255 e. The first-order chi connectivity index (χ1) is 13.2. The van der Waals surface area contributed by atoms with E-state index in [0.29, 0.717) is 18.9 Å². The number of benzene rings is 1. The van der Waals surface area contributed by atoms with Crippen LogP contribution in [0.1, 0.15) is 52.0 Å². The molecule has 1 aliphatic heterocycles. The maximum Gasteiger partial charge on any atom is 0.255 e. The van der Waals surface area contributed by atoms with Gasteiger partial charge in [-0.2, -0.15) is 5.48 Å². The molecule has 1 N–H and O–H groups in total. The van der Waals surface area contributed by atoms with Crippen molar-refractivity contribution in [3.8, 4) is 0 Å². The van der Waals surface area contributed by atoms with Crippen molar-refractivity contribution in [2.75, 3.05) is 5.75 Å². The Hall–Kier alpha value is -1.44. The van der Waals surface area contributed by atoms with E-state index in [-0.39, 0.29) is 28.5 Å². The van der Waals surface area contributed by atoms with Crippen molar-refractivity contribution in [1.82, 2.24) is 9.79 Å². The standard InChI is InChI=1S/C21H30N2O4S/c1-4-17(22-27-13-15-8-6-5-7-9-15)19(24)23-18-12-16-10-11-21(18,20(16,2)3)14-28(23,25)26/h5-9,16-18,22H,4,10-14H2,1-3H3/t16-,17-,18-,21-/m0/s1. The molecule has 4 rings (SSSR count). The summed E-state index contributed by atoms with van der Waals surface area (Å²) < 4.78 is 27.3. The van der Waals surface area contributed by atoms with Crippen LogP contribution < -0.4 is 5.48 Å². The highest BCUT2D eigenvalue weighted by molar-refractivity contribution is 7.90. The van der Waals surface area contributed by atoms with Gasteiger partial charge in [-0.05, 0) is 42.6 Å². The lowest BCUT2D eigenvalue weighted by Gasteiger charge is -2.37. The maximum absolute atomic E-state index is 13.3. The first-order valence-corrected chi connectivity index (χ1v) is 11.8. The van der Waals surface area contributed by atoms with E-state index in [1.165, 1.54) is 4.31 Å². The third-order valence-electron chi connectivity index (χ3n) is 7.64. The van der Waals surface area contributed by atoms with Gasteiger partial charge in [0.15, 0.2) is 0 Å². The van der Waals surface area contributed by atoms with E-state index in [4.69, 9.17) is 4.84 Å². The Kier molecular flexibility index (Phi) is 4.83. The molecule has 2 bridgehead atoms. The van der Waals surface area contributed by atoms with Gasteiger partial charge in [0, 0.05) is 5.41 Å². The molecule has 2 saturated carbocycles. The fourth-order valence-corrected chi connectivity index (χ4v) is 8.42. The molecule has 1 amide bonds. The van der Waals surface area contributed by atoms with Gasteiger partial charge in [0.05, 0.1) is 18.4 Å². The molecule has 0 unspecified atom stereocenters. The highest BCUT2D eigenvalue weighted by Gasteiger charge is 2.72. The zero-order valence-electron chi connectivity index (χ0n) is 16.8. The van der Waals surface area contributed by atoms with Crippen LogP contribution in [0.2, 0.25) is 0 Å². The number of hydrogen-bond donors (Lipinski definition) is 1. The predicted molar refractivity (Wildman–Crippen MR) is 106 cm³/mol. The van der Waals surface area contributed by atoms with Gasteiger partial charge in [-0.3, -0.25) is 9.63 Å². The Morgan fingerprint density at radius 3 is 2.68 bits per heavy atom. The number of hydroxylamine groups is 1. The van der Waals surface area contributed by atoms with Crippen LogP contribution in [0.5, 0.6) is 0 Å². The van der Waals surface area contributed by atoms with Crippen molar-refractivity contribution < 1.29 is 18.0 Å². The van der Waals surface area contributed by atoms with Crippen molar-refractivity contribution in [2.24, 2.45) is 16.7 Å². The summed E-state index contributed by atoms with van der Waals surface area (Å²) in [7, 11) is -3.60. The van der Waals surface area contributed by atoms with Crippen LogP contribution in [0.25, 0.3) is 0 Å². The molecule has 3 aliphatic rings. The Morgan fingerprint density at radius 1 is 1.32 bits per heavy atom. The Labute approximate surface area is 167 Å². The fourth-order valence-electron chi connectivity index (χ4n) is 5.84. The summed E-state index contributed by atoms with van der Waals surface area (Å²) in [5.41, 5.74) is 3.47. The van der Waals surface area contributed by atoms with Crippen molar-refractivity contribution in [3.05, 3.63) is 35.9 Å². The molecule has 6 nitrogen and oxygen atoms in total. The van der Waals surface area contributed by atoms with Crippen LogP contribution in [-0.2, 0) is 26.3 Å². The zero-order chi connectivity index (χ0) is 20.2. The van der Waals surface area contributed by atoms with Gasteiger partial charge >= 0.3 is 0 Å². The number of rotatable bonds is 6. The third kappa shape index (κ3) is 2.82. The molecule has 1 aromatic carbocycles. The molecular formula is C21H30N2O4S. The minimum atomic E-state index is -3.60. The van der Waals surface area contributed by atoms with Gasteiger partial charge in [0.1, 0.15) is 6.04 Å². The molecule has 2 aliphatic carbocycles. The molecule has 1 saturated heterocycles. The third-order valence-corrected chi connectivity index (χ3v) is 9.56. The van der Waals surface area contributed by atoms with Gasteiger partial charge in [0.25, 0.3) is 5.91 Å². The molecule has 1 heterocycles. The van der Waals surface area contributed by atoms with Crippen LogP contribution in [0.15, 0.2) is 30.3 Å². The number of amides is 1. The van der Waals surface area contributed by atoms with Gasteiger partial charge in [-0.15, -0.1) is 0 Å². The fraction of sp³-hybridized carbons (Fsp3) is 0.667. The van der Waals surface area contributed by atoms with E-state index >= 15 is 0 Å². The number of nitrogens with zero attached hydrogens (tertiary/aromatic N) is 1. The van der Waals surface area contributed by atoms with Crippen LogP contribution in [0.4, 0.5) is 0 Å². The molecule has 4 atom stereocenters. The van der Waals surface area contributed by atoms with E-state index in [9.17, 15) is 13.2 Å². The lowest BCUT2D eigenvalue weighted by molar-refractivity contribution is -0.136. The van der Waals surface area contributed by atoms with E-state index in [1.54, 1.807) is 0 Å². The molecule has 0 radical (unpaired) electrons. The molecule has 0 aromatic heterocycles. The normalized spacial score (nSPS) is 33.0. The minimum Gasteiger partial charge on any atom is -0.296 e. The Balaban J connectivity index is 1.50. The average molecular weight is 407 g/mol. The highest BCUT2D eigenvalue weighted by Crippen LogP contribution is 2.70. The van der Waals surface area contributed by atoms with Crippen LogP contribution in [-0.4, -0.2) is 36.5 Å². The Bertz CT molecular complexity index is 854. The lowest BCUT2D eigenvalue weighted by atomic mass is 9.69. The summed E-state index contributed by atoms with van der Waals surface area (Å²) in [6.07, 6.45) is 3.22. The summed E-state index contributed by atoms with van der Waals surface area (Å²) in [6.45, 7) is 6.56. The molecular weight excluding hydrogens is 376 g/mol. The van der Waals surface area contributed by atoms with Crippen molar-refractivity contribution >= 4 is 15.9 Å². The second kappa shape index (κ2) is 6.82. The topological polar surface area (TPSA) is 75.7 Å². The number of hydrogen-bond acceptors (Lipinski definition) is 5. The van der Waals surface area contributed by atoms with Gasteiger partial charge in [-0.25, -0.2) is 12.7 Å². The predicted octanol–water partition coefficient (Wildman–Crippen LogP) is 2.85. The van der Waals surface area contributed by atoms with E-state index in [2.05, 4.69) is 19.3 Å². The van der Waals surface area contributed by atoms with E-state index in [0.717, 1.165) is 24.8 Å². The lowest BCUT2D eigenvalue weighted by Crippen LogP contribution is -2.51. The van der Waals surface area contributed by atoms with Crippen molar-refractivity contribution in [1.29, 1.82) is 0 Å². The average Bonchev–Trinajstić information content (AvgIpc) is 3.13. The monoisotopic (exact) mass is 406 g/mol. The number of sulfonamides is 1. The molecule has 7 heteroatoms. The number of fused-ring (bicyclic) bond motifs is 1. The van der Waals surface area contributed by atoms with Crippen LogP contribution in [0.3, 0.4) is 0 Å². The molecule has 154 valence electrons. The number of nitrogens with one attached hydrogen (secondary N) is 1. The summed E-state index contributed by atoms with van der Waals surface area (Å²) >= 11 is 0. The SMILES string of the molecule is CC[C@H](NOCc1ccccc1)C(=O)N1[C@H]2C[C@@H]3CC[C@@]2(CS1(=O)=O)C3(C)C. The first kappa shape index (κ1) is 19.9. The number of carbonyl (C=O) groups excluding carboxylic acids is 1. The number of carbonyl (C=O) groups is 1. The summed E-state index contributed by atoms with van der Waals surface area (Å²) in [5.74, 6) is 0.216. The minimum absolute atomic E-state index is 0.0429. The summed E-state index contributed by atoms with van der Waals surface area (Å²) in [4.78, 5) is 18.8. The van der Waals surface area contributed by atoms with E-state index in [1.807, 2.05) is 37.3 Å². The summed E-state index contributed by atoms with van der Waals surface area (Å²) in [5, 5.41) is 0. The van der Waals surface area contributed by atoms with Crippen LogP contribution in [0, 0.1) is 16.7 Å². The molecule has 28 heavy (non-hydrogen) atoms. The summed E-state index contributed by atoms with van der Waals surface area (Å²) in [6, 6.07) is 8.79. The Morgan fingerprint density at radius 2 is 2.04 bits per heavy atom. The maximum atomic E-state index is 13.3.